The van der Waals surface area contributed by atoms with Crippen molar-refractivity contribution in [3.8, 4) is 0 Å². The minimum atomic E-state index is -0.106. The van der Waals surface area contributed by atoms with Crippen LogP contribution in [-0.2, 0) is 15.9 Å². The maximum absolute atomic E-state index is 4.81. The summed E-state index contributed by atoms with van der Waals surface area (Å²) in [6.07, 6.45) is 0. The molecule has 1 atom stereocenters. The standard InChI is InChI=1S/2ClH.H3P.Pd/h2*1H;1H3;/q;;;+2/p-2. The van der Waals surface area contributed by atoms with Gasteiger partial charge in [-0.3, -0.25) is 0 Å². The Bertz CT molecular complexity index is 6.00. The van der Waals surface area contributed by atoms with Crippen molar-refractivity contribution >= 4 is 29.0 Å². The molecule has 4 heteroatoms. The van der Waals surface area contributed by atoms with E-state index in [1.54, 1.807) is 0 Å². The van der Waals surface area contributed by atoms with Crippen molar-refractivity contribution in [2.75, 3.05) is 0 Å². The number of rotatable bonds is 0. The third-order valence-electron chi connectivity index (χ3n) is 0. The van der Waals surface area contributed by atoms with Gasteiger partial charge in [-0.25, -0.2) is 0 Å². The fourth-order valence-electron chi connectivity index (χ4n) is 0. The summed E-state index contributed by atoms with van der Waals surface area (Å²) in [5.74, 6) is 0. The van der Waals surface area contributed by atoms with Gasteiger partial charge in [0, 0.05) is 0 Å². The number of hydrogen-bond donors (Lipinski definition) is 0. The van der Waals surface area contributed by atoms with E-state index in [0.717, 1.165) is 0 Å². The Morgan fingerprint density at radius 2 is 1.25 bits per heavy atom. The van der Waals surface area contributed by atoms with Gasteiger partial charge in [0.2, 0.25) is 0 Å². The molecular formula is H3Cl2PPd. The first kappa shape index (κ1) is 9.18. The fraction of sp³-hybridized carbons (Fsp3) is 0. The van der Waals surface area contributed by atoms with Crippen LogP contribution in [0.15, 0.2) is 0 Å². The molecule has 0 bridgehead atoms. The van der Waals surface area contributed by atoms with Crippen molar-refractivity contribution in [3.05, 3.63) is 0 Å². The van der Waals surface area contributed by atoms with Crippen LogP contribution in [0.3, 0.4) is 0 Å². The maximum atomic E-state index is 4.81. The summed E-state index contributed by atoms with van der Waals surface area (Å²) in [6.45, 7) is 0. The predicted molar refractivity (Wildman–Crippen MR) is 22.8 cm³/mol. The van der Waals surface area contributed by atoms with E-state index in [9.17, 15) is 0 Å². The zero-order valence-electron chi connectivity index (χ0n) is 1.78. The van der Waals surface area contributed by atoms with Gasteiger partial charge >= 0.3 is 35.0 Å². The molecule has 0 aromatic carbocycles. The summed E-state index contributed by atoms with van der Waals surface area (Å²) in [5.41, 5.74) is 0. The van der Waals surface area contributed by atoms with Gasteiger partial charge in [-0.05, 0) is 0 Å². The van der Waals surface area contributed by atoms with E-state index in [0.29, 0.717) is 0 Å². The molecule has 32 valence electrons. The summed E-state index contributed by atoms with van der Waals surface area (Å²) in [6, 6.07) is 0. The molecule has 0 aliphatic rings. The molecule has 0 rings (SSSR count). The molecule has 0 amide bonds. The topological polar surface area (TPSA) is 0 Å². The SMILES string of the molecule is P.[Cl][Pd][Cl]. The van der Waals surface area contributed by atoms with E-state index >= 15 is 0 Å². The van der Waals surface area contributed by atoms with Gasteiger partial charge in [-0.1, -0.05) is 0 Å². The van der Waals surface area contributed by atoms with E-state index < -0.39 is 0 Å². The second-order valence-corrected chi connectivity index (χ2v) is 2.41. The third kappa shape index (κ3) is 9.38. The Kier molecular flexibility index (Phi) is 20.3. The van der Waals surface area contributed by atoms with Crippen molar-refractivity contribution in [2.24, 2.45) is 0 Å². The van der Waals surface area contributed by atoms with Gasteiger partial charge in [0.1, 0.15) is 0 Å². The van der Waals surface area contributed by atoms with Crippen molar-refractivity contribution < 1.29 is 15.9 Å². The normalized spacial score (nSPS) is 5.50. The van der Waals surface area contributed by atoms with Gasteiger partial charge in [0.15, 0.2) is 0 Å². The fourth-order valence-corrected chi connectivity index (χ4v) is 0. The summed E-state index contributed by atoms with van der Waals surface area (Å²) in [5, 5.41) is 0. The van der Waals surface area contributed by atoms with Crippen LogP contribution in [0.2, 0.25) is 0 Å². The van der Waals surface area contributed by atoms with Gasteiger partial charge in [0.25, 0.3) is 0 Å². The Morgan fingerprint density at radius 3 is 1.25 bits per heavy atom. The first-order valence-corrected chi connectivity index (χ1v) is 4.24. The van der Waals surface area contributed by atoms with Gasteiger partial charge in [-0.15, -0.1) is 0 Å². The molecule has 0 nitrogen and oxygen atoms in total. The van der Waals surface area contributed by atoms with E-state index in [4.69, 9.17) is 19.1 Å². The second-order valence-electron chi connectivity index (χ2n) is 0.0452. The van der Waals surface area contributed by atoms with Crippen LogP contribution >= 0.6 is 29.0 Å². The molecule has 0 heterocycles. The van der Waals surface area contributed by atoms with E-state index in [2.05, 4.69) is 0 Å². The molecule has 0 radical (unpaired) electrons. The van der Waals surface area contributed by atoms with Crippen LogP contribution < -0.4 is 0 Å². The molecule has 0 saturated heterocycles. The molecule has 0 aliphatic carbocycles. The summed E-state index contributed by atoms with van der Waals surface area (Å²) < 4.78 is 0. The van der Waals surface area contributed by atoms with Gasteiger partial charge < -0.3 is 0 Å². The number of hydrogen-bond acceptors (Lipinski definition) is 0. The molecule has 0 N–H and O–H groups in total. The number of halogens is 2. The van der Waals surface area contributed by atoms with Crippen molar-refractivity contribution in [1.82, 2.24) is 0 Å². The van der Waals surface area contributed by atoms with Crippen LogP contribution in [0.1, 0.15) is 0 Å². The Hall–Kier alpha value is 1.67. The van der Waals surface area contributed by atoms with Crippen LogP contribution in [0.25, 0.3) is 0 Å². The van der Waals surface area contributed by atoms with E-state index in [1.165, 1.54) is 0 Å². The Labute approximate surface area is 45.0 Å². The monoisotopic (exact) mass is 210 g/mol. The molecule has 4 heavy (non-hydrogen) atoms. The Balaban J connectivity index is 0. The molecule has 0 aromatic heterocycles. The summed E-state index contributed by atoms with van der Waals surface area (Å²) in [4.78, 5) is 0. The van der Waals surface area contributed by atoms with Crippen LogP contribution in [0.5, 0.6) is 0 Å². The minimum absolute atomic E-state index is 0. The van der Waals surface area contributed by atoms with Gasteiger partial charge in [-0.2, -0.15) is 9.90 Å². The van der Waals surface area contributed by atoms with Crippen LogP contribution in [-0.4, -0.2) is 0 Å². The van der Waals surface area contributed by atoms with E-state index in [-0.39, 0.29) is 25.8 Å². The summed E-state index contributed by atoms with van der Waals surface area (Å²) in [7, 11) is 9.63. The predicted octanol–water partition coefficient (Wildman–Crippen LogP) is 1.43. The first-order valence-electron chi connectivity index (χ1n) is 0.239. The molecule has 0 aliphatic heterocycles. The average molecular weight is 211 g/mol. The first-order chi connectivity index (χ1) is 1.41. The summed E-state index contributed by atoms with van der Waals surface area (Å²) >= 11 is -0.106. The molecule has 0 saturated carbocycles. The van der Waals surface area contributed by atoms with Crippen molar-refractivity contribution in [1.29, 1.82) is 0 Å². The average Bonchev–Trinajstić information content (AvgIpc) is 0.918. The van der Waals surface area contributed by atoms with Crippen LogP contribution in [0.4, 0.5) is 0 Å². The van der Waals surface area contributed by atoms with Crippen molar-refractivity contribution in [3.63, 3.8) is 0 Å². The zero-order valence-corrected chi connectivity index (χ0v) is 6.26. The third-order valence-corrected chi connectivity index (χ3v) is 0. The zero-order chi connectivity index (χ0) is 2.71. The van der Waals surface area contributed by atoms with Crippen molar-refractivity contribution in [2.45, 2.75) is 0 Å². The molecular weight excluding hydrogens is 208 g/mol. The second kappa shape index (κ2) is 8.82. The van der Waals surface area contributed by atoms with E-state index in [1.807, 2.05) is 0 Å². The van der Waals surface area contributed by atoms with Gasteiger partial charge in [0.05, 0.1) is 0 Å². The van der Waals surface area contributed by atoms with Crippen LogP contribution in [0, 0.1) is 0 Å². The molecule has 0 spiro atoms. The molecule has 1 unspecified atom stereocenters. The molecule has 0 aromatic rings. The molecule has 0 fully saturated rings. The quantitative estimate of drug-likeness (QED) is 0.420. The Morgan fingerprint density at radius 1 is 1.25 bits per heavy atom.